The van der Waals surface area contributed by atoms with Crippen LogP contribution in [0.5, 0.6) is 0 Å². The summed E-state index contributed by atoms with van der Waals surface area (Å²) in [5.74, 6) is 0.0411. The highest BCUT2D eigenvalue weighted by Crippen LogP contribution is 2.26. The third kappa shape index (κ3) is 4.47. The molecule has 2 atom stereocenters. The highest BCUT2D eigenvalue weighted by atomic mass is 16.5. The van der Waals surface area contributed by atoms with Gasteiger partial charge in [0, 0.05) is 39.3 Å². The molecule has 1 fully saturated rings. The van der Waals surface area contributed by atoms with Crippen LogP contribution in [-0.2, 0) is 11.3 Å². The van der Waals surface area contributed by atoms with Gasteiger partial charge in [-0.3, -0.25) is 9.69 Å². The van der Waals surface area contributed by atoms with Crippen LogP contribution in [0.3, 0.4) is 0 Å². The second kappa shape index (κ2) is 7.81. The van der Waals surface area contributed by atoms with Gasteiger partial charge >= 0.3 is 0 Å². The maximum Gasteiger partial charge on any atom is 0.253 e. The topological polar surface area (TPSA) is 32.8 Å². The number of carbonyl (C=O) groups is 1. The van der Waals surface area contributed by atoms with Gasteiger partial charge in [0.05, 0.1) is 12.2 Å². The molecule has 2 unspecified atom stereocenters. The lowest BCUT2D eigenvalue weighted by atomic mass is 10.0. The lowest BCUT2D eigenvalue weighted by molar-refractivity contribution is -0.0814. The number of hydrogen-bond donors (Lipinski definition) is 0. The van der Waals surface area contributed by atoms with Crippen LogP contribution < -0.4 is 0 Å². The summed E-state index contributed by atoms with van der Waals surface area (Å²) < 4.78 is 6.13. The largest absolute Gasteiger partial charge is 0.368 e. The molecule has 1 saturated heterocycles. The Hall–Kier alpha value is -2.17. The van der Waals surface area contributed by atoms with E-state index in [1.165, 1.54) is 5.56 Å². The third-order valence-electron chi connectivity index (χ3n) is 4.49. The molecule has 1 amide bonds. The van der Waals surface area contributed by atoms with Crippen molar-refractivity contribution in [3.63, 3.8) is 0 Å². The summed E-state index contributed by atoms with van der Waals surface area (Å²) in [6, 6.07) is 18.3. The molecule has 2 aromatic rings. The Labute approximate surface area is 150 Å². The van der Waals surface area contributed by atoms with E-state index in [1.807, 2.05) is 24.3 Å². The standard InChI is InChI=1S/C21H26N2O2/c1-16-13-23(15-20(25-16)18-9-5-4-6-10-18)14-17-8-7-11-19(12-17)21(24)22(2)3/h4-12,16,20H,13-15H2,1-3H3. The van der Waals surface area contributed by atoms with Gasteiger partial charge in [-0.2, -0.15) is 0 Å². The van der Waals surface area contributed by atoms with Gasteiger partial charge in [0.1, 0.15) is 0 Å². The van der Waals surface area contributed by atoms with Crippen LogP contribution >= 0.6 is 0 Å². The van der Waals surface area contributed by atoms with Crippen LogP contribution in [-0.4, -0.2) is 49.0 Å². The molecular formula is C21H26N2O2. The van der Waals surface area contributed by atoms with Crippen molar-refractivity contribution in [2.45, 2.75) is 25.7 Å². The van der Waals surface area contributed by atoms with Gasteiger partial charge in [0.2, 0.25) is 0 Å². The lowest BCUT2D eigenvalue weighted by Gasteiger charge is -2.37. The molecule has 3 rings (SSSR count). The molecule has 4 heteroatoms. The smallest absolute Gasteiger partial charge is 0.253 e. The Kier molecular flexibility index (Phi) is 5.51. The van der Waals surface area contributed by atoms with E-state index >= 15 is 0 Å². The van der Waals surface area contributed by atoms with Gasteiger partial charge in [0.15, 0.2) is 0 Å². The summed E-state index contributed by atoms with van der Waals surface area (Å²) in [4.78, 5) is 16.2. The number of ether oxygens (including phenoxy) is 1. The average Bonchev–Trinajstić information content (AvgIpc) is 2.61. The zero-order valence-corrected chi connectivity index (χ0v) is 15.2. The van der Waals surface area contributed by atoms with Gasteiger partial charge in [0.25, 0.3) is 5.91 Å². The maximum absolute atomic E-state index is 12.2. The van der Waals surface area contributed by atoms with E-state index in [0.717, 1.165) is 30.8 Å². The van der Waals surface area contributed by atoms with Gasteiger partial charge in [-0.25, -0.2) is 0 Å². The monoisotopic (exact) mass is 338 g/mol. The Morgan fingerprint density at radius 1 is 1.12 bits per heavy atom. The Morgan fingerprint density at radius 2 is 1.88 bits per heavy atom. The van der Waals surface area contributed by atoms with Crippen LogP contribution in [0.15, 0.2) is 54.6 Å². The summed E-state index contributed by atoms with van der Waals surface area (Å²) in [7, 11) is 3.56. The van der Waals surface area contributed by atoms with Gasteiger partial charge in [-0.1, -0.05) is 42.5 Å². The summed E-state index contributed by atoms with van der Waals surface area (Å²) in [5.41, 5.74) is 3.12. The number of rotatable bonds is 4. The normalized spacial score (nSPS) is 21.1. The maximum atomic E-state index is 12.2. The minimum absolute atomic E-state index is 0.0411. The molecule has 25 heavy (non-hydrogen) atoms. The minimum atomic E-state index is 0.0411. The highest BCUT2D eigenvalue weighted by molar-refractivity contribution is 5.94. The molecule has 0 radical (unpaired) electrons. The first-order valence-corrected chi connectivity index (χ1v) is 8.76. The van der Waals surface area contributed by atoms with E-state index in [1.54, 1.807) is 19.0 Å². The van der Waals surface area contributed by atoms with Crippen LogP contribution in [0.4, 0.5) is 0 Å². The van der Waals surface area contributed by atoms with E-state index in [2.05, 4.69) is 42.2 Å². The molecule has 0 spiro atoms. The first-order valence-electron chi connectivity index (χ1n) is 8.76. The molecular weight excluding hydrogens is 312 g/mol. The zero-order chi connectivity index (χ0) is 17.8. The number of morpholine rings is 1. The molecule has 1 aliphatic rings. The molecule has 0 N–H and O–H groups in total. The fourth-order valence-corrected chi connectivity index (χ4v) is 3.34. The fraction of sp³-hybridized carbons (Fsp3) is 0.381. The number of nitrogens with zero attached hydrogens (tertiary/aromatic N) is 2. The second-order valence-corrected chi connectivity index (χ2v) is 6.94. The summed E-state index contributed by atoms with van der Waals surface area (Å²) in [5, 5.41) is 0. The average molecular weight is 338 g/mol. The van der Waals surface area contributed by atoms with Crippen LogP contribution in [0.25, 0.3) is 0 Å². The second-order valence-electron chi connectivity index (χ2n) is 6.94. The Balaban J connectivity index is 1.72. The molecule has 0 aromatic heterocycles. The molecule has 1 heterocycles. The minimum Gasteiger partial charge on any atom is -0.368 e. The summed E-state index contributed by atoms with van der Waals surface area (Å²) >= 11 is 0. The van der Waals surface area contributed by atoms with Gasteiger partial charge in [-0.15, -0.1) is 0 Å². The molecule has 2 aromatic carbocycles. The first kappa shape index (κ1) is 17.6. The lowest BCUT2D eigenvalue weighted by Crippen LogP contribution is -2.42. The van der Waals surface area contributed by atoms with Crippen molar-refractivity contribution >= 4 is 5.91 Å². The van der Waals surface area contributed by atoms with Gasteiger partial charge in [-0.05, 0) is 30.2 Å². The quantitative estimate of drug-likeness (QED) is 0.857. The summed E-state index contributed by atoms with van der Waals surface area (Å²) in [6.07, 6.45) is 0.280. The van der Waals surface area contributed by atoms with Crippen molar-refractivity contribution < 1.29 is 9.53 Å². The van der Waals surface area contributed by atoms with Crippen molar-refractivity contribution in [3.8, 4) is 0 Å². The highest BCUT2D eigenvalue weighted by Gasteiger charge is 2.26. The van der Waals surface area contributed by atoms with E-state index < -0.39 is 0 Å². The van der Waals surface area contributed by atoms with Crippen molar-refractivity contribution in [2.24, 2.45) is 0 Å². The first-order chi connectivity index (χ1) is 12.0. The predicted molar refractivity (Wildman–Crippen MR) is 99.5 cm³/mol. The number of amides is 1. The Bertz CT molecular complexity index is 715. The molecule has 132 valence electrons. The van der Waals surface area contributed by atoms with E-state index in [-0.39, 0.29) is 18.1 Å². The SMILES string of the molecule is CC1CN(Cc2cccc(C(=O)N(C)C)c2)CC(c2ccccc2)O1. The molecule has 1 aliphatic heterocycles. The number of benzene rings is 2. The zero-order valence-electron chi connectivity index (χ0n) is 15.2. The molecule has 4 nitrogen and oxygen atoms in total. The van der Waals surface area contributed by atoms with Gasteiger partial charge < -0.3 is 9.64 Å². The number of hydrogen-bond acceptors (Lipinski definition) is 3. The van der Waals surface area contributed by atoms with Crippen LogP contribution in [0.2, 0.25) is 0 Å². The molecule has 0 saturated carbocycles. The van der Waals surface area contributed by atoms with Crippen molar-refractivity contribution in [3.05, 3.63) is 71.3 Å². The number of carbonyl (C=O) groups excluding carboxylic acids is 1. The van der Waals surface area contributed by atoms with E-state index in [4.69, 9.17) is 4.74 Å². The molecule has 0 aliphatic carbocycles. The van der Waals surface area contributed by atoms with Crippen LogP contribution in [0, 0.1) is 0 Å². The predicted octanol–water partition coefficient (Wildman–Crippen LogP) is 3.35. The van der Waals surface area contributed by atoms with E-state index in [0.29, 0.717) is 0 Å². The van der Waals surface area contributed by atoms with Crippen molar-refractivity contribution in [1.82, 2.24) is 9.80 Å². The fourth-order valence-electron chi connectivity index (χ4n) is 3.34. The summed E-state index contributed by atoms with van der Waals surface area (Å²) in [6.45, 7) is 4.70. The third-order valence-corrected chi connectivity index (χ3v) is 4.49. The van der Waals surface area contributed by atoms with E-state index in [9.17, 15) is 4.79 Å². The molecule has 0 bridgehead atoms. The Morgan fingerprint density at radius 3 is 2.60 bits per heavy atom. The van der Waals surface area contributed by atoms with Crippen molar-refractivity contribution in [2.75, 3.05) is 27.2 Å². The van der Waals surface area contributed by atoms with Crippen molar-refractivity contribution in [1.29, 1.82) is 0 Å². The van der Waals surface area contributed by atoms with Crippen LogP contribution in [0.1, 0.15) is 34.5 Å².